The summed E-state index contributed by atoms with van der Waals surface area (Å²) in [4.78, 5) is 14.4. The van der Waals surface area contributed by atoms with Crippen LogP contribution in [0.5, 0.6) is 0 Å². The second-order valence-electron chi connectivity index (χ2n) is 2.30. The first-order chi connectivity index (χ1) is 5.59. The van der Waals surface area contributed by atoms with Crippen LogP contribution in [-0.2, 0) is 11.2 Å². The molecule has 0 saturated heterocycles. The molecule has 1 aromatic rings. The third kappa shape index (κ3) is 2.34. The number of aromatic nitrogens is 1. The molecule has 0 amide bonds. The van der Waals surface area contributed by atoms with Gasteiger partial charge in [0.2, 0.25) is 5.78 Å². The molecule has 0 spiro atoms. The number of ketones is 1. The van der Waals surface area contributed by atoms with E-state index in [1.807, 2.05) is 0 Å². The number of thiazole rings is 1. The summed E-state index contributed by atoms with van der Waals surface area (Å²) < 4.78 is 23.5. The van der Waals surface area contributed by atoms with Crippen molar-refractivity contribution in [2.24, 2.45) is 0 Å². The molecule has 0 aliphatic rings. The zero-order valence-electron chi connectivity index (χ0n) is 6.38. The first kappa shape index (κ1) is 9.25. The van der Waals surface area contributed by atoms with Gasteiger partial charge in [0.1, 0.15) is 0 Å². The molecule has 1 heterocycles. The Morgan fingerprint density at radius 2 is 2.42 bits per heavy atom. The minimum atomic E-state index is -2.88. The molecule has 0 aliphatic carbocycles. The molecule has 0 saturated carbocycles. The summed E-state index contributed by atoms with van der Waals surface area (Å²) in [6, 6.07) is 0. The normalized spacial score (nSPS) is 10.7. The van der Waals surface area contributed by atoms with Crippen molar-refractivity contribution in [3.8, 4) is 0 Å². The first-order valence-electron chi connectivity index (χ1n) is 3.31. The van der Waals surface area contributed by atoms with Gasteiger partial charge < -0.3 is 0 Å². The molecule has 0 unspecified atom stereocenters. The Morgan fingerprint density at radius 3 is 2.83 bits per heavy atom. The fraction of sp³-hybridized carbons (Fsp3) is 0.429. The van der Waals surface area contributed by atoms with Crippen molar-refractivity contribution in [2.75, 3.05) is 0 Å². The second kappa shape index (κ2) is 3.71. The lowest BCUT2D eigenvalue weighted by Gasteiger charge is -1.94. The summed E-state index contributed by atoms with van der Waals surface area (Å²) in [5.74, 6) is -1.07. The van der Waals surface area contributed by atoms with Crippen LogP contribution in [0.2, 0.25) is 0 Å². The lowest BCUT2D eigenvalue weighted by Crippen LogP contribution is -2.12. The van der Waals surface area contributed by atoms with Gasteiger partial charge in [-0.05, 0) is 6.92 Å². The largest absolute Gasteiger partial charge is 0.296 e. The van der Waals surface area contributed by atoms with E-state index in [9.17, 15) is 13.6 Å². The predicted molar refractivity (Wildman–Crippen MR) is 41.6 cm³/mol. The van der Waals surface area contributed by atoms with Crippen molar-refractivity contribution >= 4 is 17.1 Å². The van der Waals surface area contributed by atoms with Crippen molar-refractivity contribution < 1.29 is 13.6 Å². The van der Waals surface area contributed by atoms with Crippen LogP contribution in [0, 0.1) is 6.92 Å². The number of Topliss-reactive ketones (excluding diaryl/α,β-unsaturated/α-hetero) is 1. The van der Waals surface area contributed by atoms with Gasteiger partial charge in [-0.2, -0.15) is 0 Å². The maximum absolute atomic E-state index is 11.7. The zero-order chi connectivity index (χ0) is 9.14. The van der Waals surface area contributed by atoms with E-state index in [4.69, 9.17) is 0 Å². The molecule has 1 aromatic heterocycles. The number of rotatable bonds is 3. The van der Waals surface area contributed by atoms with Crippen LogP contribution in [0.15, 0.2) is 5.38 Å². The van der Waals surface area contributed by atoms with Gasteiger partial charge >= 0.3 is 0 Å². The van der Waals surface area contributed by atoms with E-state index in [-0.39, 0.29) is 6.42 Å². The standard InChI is InChI=1S/C7H7F2NOS/c1-4-10-5(3-12-4)2-6(11)7(8)9/h3,7H,2H2,1H3. The van der Waals surface area contributed by atoms with Crippen LogP contribution in [0.1, 0.15) is 10.7 Å². The van der Waals surface area contributed by atoms with Crippen LogP contribution in [0.3, 0.4) is 0 Å². The van der Waals surface area contributed by atoms with E-state index in [1.165, 1.54) is 11.3 Å². The first-order valence-corrected chi connectivity index (χ1v) is 4.19. The Hall–Kier alpha value is -0.840. The van der Waals surface area contributed by atoms with Crippen molar-refractivity contribution in [1.29, 1.82) is 0 Å². The Morgan fingerprint density at radius 1 is 1.75 bits per heavy atom. The highest BCUT2D eigenvalue weighted by molar-refractivity contribution is 7.09. The Bertz CT molecular complexity index is 285. The highest BCUT2D eigenvalue weighted by atomic mass is 32.1. The smallest absolute Gasteiger partial charge is 0.293 e. The van der Waals surface area contributed by atoms with Gasteiger partial charge in [-0.25, -0.2) is 13.8 Å². The molecular weight excluding hydrogens is 184 g/mol. The van der Waals surface area contributed by atoms with Gasteiger partial charge in [0, 0.05) is 5.38 Å². The number of hydrogen-bond donors (Lipinski definition) is 0. The Labute approximate surface area is 72.2 Å². The van der Waals surface area contributed by atoms with Gasteiger partial charge in [0.25, 0.3) is 6.43 Å². The molecule has 0 fully saturated rings. The SMILES string of the molecule is Cc1nc(CC(=O)C(F)F)cs1. The van der Waals surface area contributed by atoms with Crippen molar-refractivity contribution in [3.05, 3.63) is 16.1 Å². The highest BCUT2D eigenvalue weighted by Gasteiger charge is 2.16. The van der Waals surface area contributed by atoms with E-state index < -0.39 is 12.2 Å². The zero-order valence-corrected chi connectivity index (χ0v) is 7.20. The summed E-state index contributed by atoms with van der Waals surface area (Å²) in [5.41, 5.74) is 0.433. The number of carbonyl (C=O) groups is 1. The number of carbonyl (C=O) groups excluding carboxylic acids is 1. The monoisotopic (exact) mass is 191 g/mol. The molecule has 0 N–H and O–H groups in total. The molecule has 0 atom stereocenters. The second-order valence-corrected chi connectivity index (χ2v) is 3.36. The minimum absolute atomic E-state index is 0.262. The molecular formula is C7H7F2NOS. The summed E-state index contributed by atoms with van der Waals surface area (Å²) in [5, 5.41) is 2.40. The van der Waals surface area contributed by atoms with Gasteiger partial charge in [-0.3, -0.25) is 4.79 Å². The average molecular weight is 191 g/mol. The van der Waals surface area contributed by atoms with Gasteiger partial charge in [0.05, 0.1) is 17.1 Å². The predicted octanol–water partition coefficient (Wildman–Crippen LogP) is 1.83. The molecule has 5 heteroatoms. The van der Waals surface area contributed by atoms with E-state index >= 15 is 0 Å². The van der Waals surface area contributed by atoms with Gasteiger partial charge in [-0.15, -0.1) is 11.3 Å². The fourth-order valence-corrected chi connectivity index (χ4v) is 1.36. The summed E-state index contributed by atoms with van der Waals surface area (Å²) in [6.07, 6.45) is -3.14. The number of halogens is 2. The van der Waals surface area contributed by atoms with E-state index in [0.29, 0.717) is 5.69 Å². The summed E-state index contributed by atoms with van der Waals surface area (Å²) in [6.45, 7) is 1.76. The molecule has 0 aliphatic heterocycles. The van der Waals surface area contributed by atoms with Crippen LogP contribution in [0.4, 0.5) is 8.78 Å². The van der Waals surface area contributed by atoms with E-state index in [2.05, 4.69) is 4.98 Å². The van der Waals surface area contributed by atoms with Crippen LogP contribution < -0.4 is 0 Å². The average Bonchev–Trinajstić information content (AvgIpc) is 2.35. The van der Waals surface area contributed by atoms with Gasteiger partial charge in [0.15, 0.2) is 0 Å². The Kier molecular flexibility index (Phi) is 2.86. The fourth-order valence-electron chi connectivity index (χ4n) is 0.745. The summed E-state index contributed by atoms with van der Waals surface area (Å²) in [7, 11) is 0. The lowest BCUT2D eigenvalue weighted by molar-refractivity contribution is -0.128. The molecule has 1 rings (SSSR count). The maximum Gasteiger partial charge on any atom is 0.296 e. The topological polar surface area (TPSA) is 30.0 Å². The Balaban J connectivity index is 2.58. The van der Waals surface area contributed by atoms with Crippen LogP contribution >= 0.6 is 11.3 Å². The van der Waals surface area contributed by atoms with Crippen LogP contribution in [0.25, 0.3) is 0 Å². The molecule has 12 heavy (non-hydrogen) atoms. The third-order valence-corrected chi connectivity index (χ3v) is 2.09. The molecule has 2 nitrogen and oxygen atoms in total. The summed E-state index contributed by atoms with van der Waals surface area (Å²) >= 11 is 1.35. The minimum Gasteiger partial charge on any atom is -0.293 e. The number of nitrogens with zero attached hydrogens (tertiary/aromatic N) is 1. The third-order valence-electron chi connectivity index (χ3n) is 1.27. The highest BCUT2D eigenvalue weighted by Crippen LogP contribution is 2.10. The van der Waals surface area contributed by atoms with E-state index in [0.717, 1.165) is 5.01 Å². The van der Waals surface area contributed by atoms with Gasteiger partial charge in [-0.1, -0.05) is 0 Å². The van der Waals surface area contributed by atoms with Crippen molar-refractivity contribution in [2.45, 2.75) is 19.8 Å². The number of alkyl halides is 2. The van der Waals surface area contributed by atoms with Crippen molar-refractivity contribution in [3.63, 3.8) is 0 Å². The quantitative estimate of drug-likeness (QED) is 0.729. The van der Waals surface area contributed by atoms with Crippen LogP contribution in [-0.4, -0.2) is 17.2 Å². The molecule has 0 radical (unpaired) electrons. The molecule has 0 bridgehead atoms. The molecule has 0 aromatic carbocycles. The van der Waals surface area contributed by atoms with E-state index in [1.54, 1.807) is 12.3 Å². The number of hydrogen-bond acceptors (Lipinski definition) is 3. The number of aryl methyl sites for hydroxylation is 1. The maximum atomic E-state index is 11.7. The lowest BCUT2D eigenvalue weighted by atomic mass is 10.2. The van der Waals surface area contributed by atoms with Crippen molar-refractivity contribution in [1.82, 2.24) is 4.98 Å². The molecule has 66 valence electrons.